The molecule has 0 saturated heterocycles. The van der Waals surface area contributed by atoms with Gasteiger partial charge in [-0.3, -0.25) is 14.4 Å². The molecule has 0 aromatic carbocycles. The van der Waals surface area contributed by atoms with Gasteiger partial charge in [-0.15, -0.1) is 0 Å². The molecule has 0 aliphatic rings. The van der Waals surface area contributed by atoms with E-state index >= 15 is 0 Å². The summed E-state index contributed by atoms with van der Waals surface area (Å²) in [6.07, 6.45) is -0.207. The Labute approximate surface area is 92.8 Å². The summed E-state index contributed by atoms with van der Waals surface area (Å²) in [7, 11) is 0. The van der Waals surface area contributed by atoms with Gasteiger partial charge in [-0.2, -0.15) is 0 Å². The quantitative estimate of drug-likeness (QED) is 0.523. The third kappa shape index (κ3) is 5.30. The van der Waals surface area contributed by atoms with Crippen LogP contribution in [0.4, 0.5) is 0 Å². The van der Waals surface area contributed by atoms with Crippen molar-refractivity contribution in [3.63, 3.8) is 0 Å². The Morgan fingerprint density at radius 2 is 1.81 bits per heavy atom. The maximum atomic E-state index is 11.6. The summed E-state index contributed by atoms with van der Waals surface area (Å²) < 4.78 is 0. The Hall–Kier alpha value is -1.63. The minimum Gasteiger partial charge on any atom is -0.481 e. The molecule has 0 spiro atoms. The lowest BCUT2D eigenvalue weighted by atomic mass is 10.1. The molecule has 1 unspecified atom stereocenters. The predicted octanol–water partition coefficient (Wildman–Crippen LogP) is -0.888. The van der Waals surface area contributed by atoms with E-state index in [-0.39, 0.29) is 19.4 Å². The Morgan fingerprint density at radius 1 is 1.25 bits per heavy atom. The Balaban J connectivity index is 4.26. The van der Waals surface area contributed by atoms with Crippen LogP contribution in [-0.4, -0.2) is 52.1 Å². The zero-order chi connectivity index (χ0) is 12.7. The third-order valence-electron chi connectivity index (χ3n) is 2.01. The van der Waals surface area contributed by atoms with Crippen molar-refractivity contribution < 1.29 is 24.6 Å². The van der Waals surface area contributed by atoms with E-state index in [1.54, 1.807) is 6.92 Å². The number of carboxylic acids is 2. The van der Waals surface area contributed by atoms with Gasteiger partial charge in [-0.05, 0) is 13.3 Å². The molecular formula is C9H16N2O5. The molecule has 0 aromatic heterocycles. The number of aliphatic carboxylic acids is 2. The lowest BCUT2D eigenvalue weighted by Gasteiger charge is -2.22. The van der Waals surface area contributed by atoms with Crippen LogP contribution in [0.2, 0.25) is 0 Å². The van der Waals surface area contributed by atoms with Crippen LogP contribution in [0.15, 0.2) is 0 Å². The molecule has 92 valence electrons. The number of hydrogen-bond donors (Lipinski definition) is 3. The van der Waals surface area contributed by atoms with Gasteiger partial charge in [0.1, 0.15) is 6.54 Å². The molecule has 0 heterocycles. The van der Waals surface area contributed by atoms with Crippen LogP contribution in [0.3, 0.4) is 0 Å². The molecule has 0 aliphatic carbocycles. The minimum atomic E-state index is -1.12. The maximum Gasteiger partial charge on any atom is 0.323 e. The topological polar surface area (TPSA) is 121 Å². The van der Waals surface area contributed by atoms with E-state index < -0.39 is 30.4 Å². The maximum absolute atomic E-state index is 11.6. The fraction of sp³-hybridized carbons (Fsp3) is 0.667. The highest BCUT2D eigenvalue weighted by molar-refractivity contribution is 5.85. The fourth-order valence-corrected chi connectivity index (χ4v) is 1.15. The van der Waals surface area contributed by atoms with Crippen LogP contribution >= 0.6 is 0 Å². The standard InChI is InChI=1S/C9H16N2O5/c1-2-11(5-8(14)15)9(16)6(10)3-4-7(12)13/h6H,2-5,10H2,1H3,(H,12,13)(H,14,15). The summed E-state index contributed by atoms with van der Waals surface area (Å²) in [5, 5.41) is 16.9. The monoisotopic (exact) mass is 232 g/mol. The summed E-state index contributed by atoms with van der Waals surface area (Å²) in [4.78, 5) is 33.3. The number of nitrogens with two attached hydrogens (primary N) is 1. The van der Waals surface area contributed by atoms with Crippen molar-refractivity contribution in [1.29, 1.82) is 0 Å². The first-order valence-electron chi connectivity index (χ1n) is 4.86. The van der Waals surface area contributed by atoms with Gasteiger partial charge in [0.2, 0.25) is 5.91 Å². The zero-order valence-electron chi connectivity index (χ0n) is 9.05. The van der Waals surface area contributed by atoms with Crippen molar-refractivity contribution in [2.24, 2.45) is 5.73 Å². The van der Waals surface area contributed by atoms with E-state index in [2.05, 4.69) is 0 Å². The summed E-state index contributed by atoms with van der Waals surface area (Å²) in [6, 6.07) is -0.963. The molecule has 0 bridgehead atoms. The van der Waals surface area contributed by atoms with Crippen LogP contribution in [0.5, 0.6) is 0 Å². The van der Waals surface area contributed by atoms with Gasteiger partial charge in [0.15, 0.2) is 0 Å². The Bertz CT molecular complexity index is 279. The zero-order valence-corrected chi connectivity index (χ0v) is 9.05. The average Bonchev–Trinajstić information content (AvgIpc) is 2.21. The molecule has 1 atom stereocenters. The van der Waals surface area contributed by atoms with Gasteiger partial charge < -0.3 is 20.8 Å². The second kappa shape index (κ2) is 6.78. The lowest BCUT2D eigenvalue weighted by molar-refractivity contribution is -0.145. The molecule has 0 rings (SSSR count). The SMILES string of the molecule is CCN(CC(=O)O)C(=O)C(N)CCC(=O)O. The average molecular weight is 232 g/mol. The first-order valence-corrected chi connectivity index (χ1v) is 4.86. The highest BCUT2D eigenvalue weighted by atomic mass is 16.4. The van der Waals surface area contributed by atoms with E-state index in [1.807, 2.05) is 0 Å². The van der Waals surface area contributed by atoms with Crippen molar-refractivity contribution in [2.75, 3.05) is 13.1 Å². The molecule has 7 nitrogen and oxygen atoms in total. The van der Waals surface area contributed by atoms with Crippen molar-refractivity contribution in [2.45, 2.75) is 25.8 Å². The molecule has 4 N–H and O–H groups in total. The van der Waals surface area contributed by atoms with Crippen molar-refractivity contribution >= 4 is 17.8 Å². The van der Waals surface area contributed by atoms with E-state index in [0.29, 0.717) is 0 Å². The second-order valence-electron chi connectivity index (χ2n) is 3.29. The van der Waals surface area contributed by atoms with Crippen molar-refractivity contribution in [1.82, 2.24) is 4.90 Å². The molecule has 0 saturated carbocycles. The molecule has 7 heteroatoms. The molecule has 16 heavy (non-hydrogen) atoms. The fourth-order valence-electron chi connectivity index (χ4n) is 1.15. The molecule has 0 radical (unpaired) electrons. The number of hydrogen-bond acceptors (Lipinski definition) is 4. The molecule has 0 aliphatic heterocycles. The first-order chi connectivity index (χ1) is 7.38. The summed E-state index contributed by atoms with van der Waals surface area (Å²) in [6.45, 7) is 1.44. The van der Waals surface area contributed by atoms with Crippen LogP contribution in [-0.2, 0) is 14.4 Å². The lowest BCUT2D eigenvalue weighted by Crippen LogP contribution is -2.45. The summed E-state index contributed by atoms with van der Waals surface area (Å²) in [5.41, 5.74) is 5.47. The van der Waals surface area contributed by atoms with E-state index in [9.17, 15) is 14.4 Å². The number of carbonyl (C=O) groups excluding carboxylic acids is 1. The van der Waals surface area contributed by atoms with Gasteiger partial charge in [-0.1, -0.05) is 0 Å². The number of amides is 1. The number of carbonyl (C=O) groups is 3. The van der Waals surface area contributed by atoms with E-state index in [4.69, 9.17) is 15.9 Å². The summed E-state index contributed by atoms with van der Waals surface area (Å²) in [5.74, 6) is -2.70. The molecular weight excluding hydrogens is 216 g/mol. The highest BCUT2D eigenvalue weighted by Gasteiger charge is 2.22. The number of carboxylic acid groups (broad SMARTS) is 2. The predicted molar refractivity (Wildman–Crippen MR) is 54.7 cm³/mol. The van der Waals surface area contributed by atoms with E-state index in [0.717, 1.165) is 4.90 Å². The van der Waals surface area contributed by atoms with Crippen LogP contribution in [0, 0.1) is 0 Å². The van der Waals surface area contributed by atoms with Gasteiger partial charge >= 0.3 is 11.9 Å². The van der Waals surface area contributed by atoms with Crippen molar-refractivity contribution in [3.8, 4) is 0 Å². The molecule has 0 fully saturated rings. The smallest absolute Gasteiger partial charge is 0.323 e. The second-order valence-corrected chi connectivity index (χ2v) is 3.29. The number of likely N-dealkylation sites (N-methyl/N-ethyl adjacent to an activating group) is 1. The largest absolute Gasteiger partial charge is 0.481 e. The third-order valence-corrected chi connectivity index (χ3v) is 2.01. The molecule has 1 amide bonds. The Morgan fingerprint density at radius 3 is 2.19 bits per heavy atom. The van der Waals surface area contributed by atoms with Gasteiger partial charge in [0.05, 0.1) is 6.04 Å². The normalized spacial score (nSPS) is 11.9. The minimum absolute atomic E-state index is 0.00425. The van der Waals surface area contributed by atoms with Gasteiger partial charge in [0.25, 0.3) is 0 Å². The van der Waals surface area contributed by atoms with Crippen LogP contribution in [0.25, 0.3) is 0 Å². The number of rotatable bonds is 7. The highest BCUT2D eigenvalue weighted by Crippen LogP contribution is 2.00. The first kappa shape index (κ1) is 14.4. The van der Waals surface area contributed by atoms with Gasteiger partial charge in [0, 0.05) is 13.0 Å². The van der Waals surface area contributed by atoms with Gasteiger partial charge in [-0.25, -0.2) is 0 Å². The van der Waals surface area contributed by atoms with Crippen LogP contribution < -0.4 is 5.73 Å². The number of nitrogens with zero attached hydrogens (tertiary/aromatic N) is 1. The summed E-state index contributed by atoms with van der Waals surface area (Å²) >= 11 is 0. The van der Waals surface area contributed by atoms with Crippen LogP contribution in [0.1, 0.15) is 19.8 Å². The Kier molecular flexibility index (Phi) is 6.09. The van der Waals surface area contributed by atoms with Crippen molar-refractivity contribution in [3.05, 3.63) is 0 Å². The van der Waals surface area contributed by atoms with E-state index in [1.165, 1.54) is 0 Å². The molecule has 0 aromatic rings.